The van der Waals surface area contributed by atoms with Gasteiger partial charge in [0.1, 0.15) is 0 Å². The minimum Gasteiger partial charge on any atom is -0.298 e. The number of benzene rings is 1. The molecule has 0 saturated carbocycles. The maximum absolute atomic E-state index is 12.1. The maximum Gasteiger partial charge on any atom is 0.164 e. The van der Waals surface area contributed by atoms with Crippen LogP contribution in [0.3, 0.4) is 0 Å². The van der Waals surface area contributed by atoms with E-state index in [1.54, 1.807) is 0 Å². The lowest BCUT2D eigenvalue weighted by Gasteiger charge is -2.30. The van der Waals surface area contributed by atoms with E-state index in [0.717, 1.165) is 17.7 Å². The van der Waals surface area contributed by atoms with E-state index >= 15 is 0 Å². The Morgan fingerprint density at radius 3 is 2.06 bits per heavy atom. The predicted octanol–water partition coefficient (Wildman–Crippen LogP) is 3.56. The molecule has 99 valence electrons. The molecular formula is C16H24NO. The second kappa shape index (κ2) is 6.69. The predicted molar refractivity (Wildman–Crippen MR) is 76.8 cm³/mol. The summed E-state index contributed by atoms with van der Waals surface area (Å²) in [5, 5.41) is 0. The normalized spacial score (nSPS) is 11.6. The molecule has 0 fully saturated rings. The van der Waals surface area contributed by atoms with Gasteiger partial charge in [-0.2, -0.15) is 0 Å². The fraction of sp³-hybridized carbons (Fsp3) is 0.500. The lowest BCUT2D eigenvalue weighted by atomic mass is 10.1. The van der Waals surface area contributed by atoms with E-state index in [0.29, 0.717) is 18.5 Å². The van der Waals surface area contributed by atoms with E-state index in [1.165, 1.54) is 0 Å². The highest BCUT2D eigenvalue weighted by atomic mass is 16.1. The van der Waals surface area contributed by atoms with Gasteiger partial charge in [0.15, 0.2) is 5.78 Å². The van der Waals surface area contributed by atoms with Crippen LogP contribution in [0.1, 0.15) is 50.0 Å². The molecule has 0 saturated heterocycles. The summed E-state index contributed by atoms with van der Waals surface area (Å²) >= 11 is 0. The van der Waals surface area contributed by atoms with Crippen molar-refractivity contribution in [3.8, 4) is 0 Å². The third kappa shape index (κ3) is 4.26. The van der Waals surface area contributed by atoms with Crippen LogP contribution in [0, 0.1) is 6.92 Å². The standard InChI is InChI=1S/C16H24NO/c1-12(2)17(13(3)4)11-10-16(18)15-8-6-14(5)7-9-15/h6-9,12-13H,5,10-11H2,1-4H3. The van der Waals surface area contributed by atoms with E-state index in [9.17, 15) is 4.79 Å². The molecule has 1 aromatic carbocycles. The summed E-state index contributed by atoms with van der Waals surface area (Å²) in [6.45, 7) is 13.3. The maximum atomic E-state index is 12.1. The lowest BCUT2D eigenvalue weighted by Crippen LogP contribution is -2.38. The Labute approximate surface area is 111 Å². The number of ketones is 1. The number of Topliss-reactive ketones (excluding diaryl/α,β-unsaturated/α-hetero) is 1. The van der Waals surface area contributed by atoms with Gasteiger partial charge in [0.25, 0.3) is 0 Å². The average Bonchev–Trinajstić information content (AvgIpc) is 2.28. The first-order valence-electron chi connectivity index (χ1n) is 6.62. The second-order valence-corrected chi connectivity index (χ2v) is 5.30. The minimum absolute atomic E-state index is 0.210. The van der Waals surface area contributed by atoms with Crippen LogP contribution in [-0.2, 0) is 0 Å². The number of nitrogens with zero attached hydrogens (tertiary/aromatic N) is 1. The smallest absolute Gasteiger partial charge is 0.164 e. The van der Waals surface area contributed by atoms with Crippen molar-refractivity contribution in [1.29, 1.82) is 0 Å². The molecule has 0 atom stereocenters. The lowest BCUT2D eigenvalue weighted by molar-refractivity contribution is 0.0940. The molecule has 0 amide bonds. The van der Waals surface area contributed by atoms with E-state index in [1.807, 2.05) is 24.3 Å². The molecule has 1 aromatic rings. The largest absolute Gasteiger partial charge is 0.298 e. The first-order valence-corrected chi connectivity index (χ1v) is 6.62. The molecule has 0 heterocycles. The molecule has 2 heteroatoms. The summed E-state index contributed by atoms with van der Waals surface area (Å²) in [7, 11) is 0. The minimum atomic E-state index is 0.210. The molecule has 0 N–H and O–H groups in total. The van der Waals surface area contributed by atoms with E-state index in [-0.39, 0.29) is 5.78 Å². The van der Waals surface area contributed by atoms with Gasteiger partial charge in [-0.15, -0.1) is 0 Å². The Morgan fingerprint density at radius 1 is 1.11 bits per heavy atom. The Hall–Kier alpha value is -1.15. The zero-order chi connectivity index (χ0) is 13.7. The first kappa shape index (κ1) is 14.9. The summed E-state index contributed by atoms with van der Waals surface area (Å²) in [4.78, 5) is 14.4. The summed E-state index contributed by atoms with van der Waals surface area (Å²) in [6.07, 6.45) is 0.576. The number of hydrogen-bond donors (Lipinski definition) is 0. The van der Waals surface area contributed by atoms with Crippen molar-refractivity contribution in [1.82, 2.24) is 4.90 Å². The van der Waals surface area contributed by atoms with Crippen molar-refractivity contribution in [2.24, 2.45) is 0 Å². The van der Waals surface area contributed by atoms with Gasteiger partial charge in [-0.25, -0.2) is 0 Å². The van der Waals surface area contributed by atoms with Crippen molar-refractivity contribution in [2.75, 3.05) is 6.54 Å². The van der Waals surface area contributed by atoms with E-state index in [2.05, 4.69) is 39.5 Å². The van der Waals surface area contributed by atoms with Crippen molar-refractivity contribution < 1.29 is 4.79 Å². The molecule has 0 spiro atoms. The summed E-state index contributed by atoms with van der Waals surface area (Å²) in [5.41, 5.74) is 1.73. The van der Waals surface area contributed by atoms with Gasteiger partial charge in [-0.3, -0.25) is 9.69 Å². The zero-order valence-corrected chi connectivity index (χ0v) is 11.9. The van der Waals surface area contributed by atoms with Gasteiger partial charge >= 0.3 is 0 Å². The molecule has 0 aliphatic carbocycles. The van der Waals surface area contributed by atoms with Crippen LogP contribution in [0.15, 0.2) is 24.3 Å². The number of hydrogen-bond acceptors (Lipinski definition) is 2. The molecule has 18 heavy (non-hydrogen) atoms. The van der Waals surface area contributed by atoms with Crippen LogP contribution < -0.4 is 0 Å². The van der Waals surface area contributed by atoms with E-state index < -0.39 is 0 Å². The van der Waals surface area contributed by atoms with Crippen LogP contribution in [0.5, 0.6) is 0 Å². The SMILES string of the molecule is [CH2]c1ccc(C(=O)CCN(C(C)C)C(C)C)cc1. The molecular weight excluding hydrogens is 222 g/mol. The van der Waals surface area contributed by atoms with E-state index in [4.69, 9.17) is 0 Å². The molecule has 0 aliphatic rings. The zero-order valence-electron chi connectivity index (χ0n) is 11.9. The van der Waals surface area contributed by atoms with Crippen LogP contribution in [-0.4, -0.2) is 29.3 Å². The van der Waals surface area contributed by atoms with Crippen LogP contribution in [0.4, 0.5) is 0 Å². The van der Waals surface area contributed by atoms with Crippen LogP contribution in [0.25, 0.3) is 0 Å². The summed E-state index contributed by atoms with van der Waals surface area (Å²) in [5.74, 6) is 0.210. The van der Waals surface area contributed by atoms with Crippen molar-refractivity contribution in [2.45, 2.75) is 46.2 Å². The topological polar surface area (TPSA) is 20.3 Å². The molecule has 1 radical (unpaired) electrons. The van der Waals surface area contributed by atoms with Crippen molar-refractivity contribution in [3.05, 3.63) is 42.3 Å². The van der Waals surface area contributed by atoms with Gasteiger partial charge < -0.3 is 0 Å². The summed E-state index contributed by atoms with van der Waals surface area (Å²) in [6, 6.07) is 8.44. The molecule has 1 rings (SSSR count). The Bertz CT molecular complexity index is 371. The highest BCUT2D eigenvalue weighted by Gasteiger charge is 2.15. The number of carbonyl (C=O) groups is 1. The molecule has 0 aliphatic heterocycles. The van der Waals surface area contributed by atoms with Crippen molar-refractivity contribution >= 4 is 5.78 Å². The number of carbonyl (C=O) groups excluding carboxylic acids is 1. The highest BCUT2D eigenvalue weighted by Crippen LogP contribution is 2.10. The number of rotatable bonds is 6. The Kier molecular flexibility index (Phi) is 5.54. The van der Waals surface area contributed by atoms with Gasteiger partial charge in [-0.05, 0) is 40.2 Å². The Balaban J connectivity index is 2.57. The third-order valence-electron chi connectivity index (χ3n) is 3.20. The van der Waals surface area contributed by atoms with Crippen molar-refractivity contribution in [3.63, 3.8) is 0 Å². The molecule has 0 aromatic heterocycles. The second-order valence-electron chi connectivity index (χ2n) is 5.30. The van der Waals surface area contributed by atoms with Crippen LogP contribution in [0.2, 0.25) is 0 Å². The highest BCUT2D eigenvalue weighted by molar-refractivity contribution is 5.96. The summed E-state index contributed by atoms with van der Waals surface area (Å²) < 4.78 is 0. The fourth-order valence-corrected chi connectivity index (χ4v) is 2.18. The van der Waals surface area contributed by atoms with Gasteiger partial charge in [0.2, 0.25) is 0 Å². The first-order chi connectivity index (χ1) is 8.41. The average molecular weight is 246 g/mol. The van der Waals surface area contributed by atoms with Gasteiger partial charge in [-0.1, -0.05) is 24.3 Å². The molecule has 2 nitrogen and oxygen atoms in total. The quantitative estimate of drug-likeness (QED) is 0.715. The van der Waals surface area contributed by atoms with Crippen LogP contribution >= 0.6 is 0 Å². The molecule has 0 unspecified atom stereocenters. The third-order valence-corrected chi connectivity index (χ3v) is 3.20. The fourth-order valence-electron chi connectivity index (χ4n) is 2.18. The van der Waals surface area contributed by atoms with Gasteiger partial charge in [0.05, 0.1) is 0 Å². The van der Waals surface area contributed by atoms with Gasteiger partial charge in [0, 0.05) is 30.6 Å². The molecule has 0 bridgehead atoms. The Morgan fingerprint density at radius 2 is 1.61 bits per heavy atom. The monoisotopic (exact) mass is 246 g/mol.